The van der Waals surface area contributed by atoms with E-state index in [1.54, 1.807) is 0 Å². The largest absolute Gasteiger partial charge is 0.481 e. The van der Waals surface area contributed by atoms with Crippen molar-refractivity contribution in [3.63, 3.8) is 0 Å². The molecule has 15 heteroatoms. The number of aliphatic hydroxyl groups excluding tert-OH is 6. The lowest BCUT2D eigenvalue weighted by atomic mass is 9.96. The van der Waals surface area contributed by atoms with Gasteiger partial charge in [0, 0.05) is 0 Å². The zero-order valence-corrected chi connectivity index (χ0v) is 15.5. The van der Waals surface area contributed by atoms with Gasteiger partial charge in [-0.25, -0.2) is 4.79 Å². The molecule has 0 amide bonds. The first kappa shape index (κ1) is 31.7. The van der Waals surface area contributed by atoms with Crippen molar-refractivity contribution in [3.05, 3.63) is 0 Å². The highest BCUT2D eigenvalue weighted by Crippen LogP contribution is 2.15. The molecule has 0 aliphatic carbocycles. The SMILES string of the molecule is NC(CO)(CO)CO.NC(CO)(CO)CO.O=C(O)CC(O)(CC(=O)O)C(=O)O. The van der Waals surface area contributed by atoms with Gasteiger partial charge in [0.25, 0.3) is 0 Å². The zero-order valence-electron chi connectivity index (χ0n) is 15.5. The molecular weight excluding hydrogens is 404 g/mol. The number of nitrogens with two attached hydrogens (primary N) is 2. The Hall–Kier alpha value is -1.95. The van der Waals surface area contributed by atoms with Crippen LogP contribution in [0.4, 0.5) is 0 Å². The lowest BCUT2D eigenvalue weighted by Gasteiger charge is -2.20. The Morgan fingerprint density at radius 1 is 0.586 bits per heavy atom. The van der Waals surface area contributed by atoms with E-state index >= 15 is 0 Å². The number of carbonyl (C=O) groups is 3. The molecule has 0 saturated heterocycles. The van der Waals surface area contributed by atoms with E-state index in [1.165, 1.54) is 0 Å². The van der Waals surface area contributed by atoms with Crippen LogP contribution in [0.25, 0.3) is 0 Å². The van der Waals surface area contributed by atoms with Gasteiger partial charge < -0.3 is 62.5 Å². The van der Waals surface area contributed by atoms with Crippen LogP contribution >= 0.6 is 0 Å². The van der Waals surface area contributed by atoms with Crippen molar-refractivity contribution < 1.29 is 65.4 Å². The second-order valence-corrected chi connectivity index (χ2v) is 6.15. The molecule has 0 heterocycles. The predicted molar refractivity (Wildman–Crippen MR) is 93.4 cm³/mol. The average Bonchev–Trinajstić information content (AvgIpc) is 2.66. The number of carboxylic acids is 3. The summed E-state index contributed by atoms with van der Waals surface area (Å²) in [5.41, 5.74) is 5.14. The first-order chi connectivity index (χ1) is 13.1. The fourth-order valence-corrected chi connectivity index (χ4v) is 1.01. The van der Waals surface area contributed by atoms with Crippen molar-refractivity contribution in [3.8, 4) is 0 Å². The van der Waals surface area contributed by atoms with Gasteiger partial charge in [0.15, 0.2) is 5.60 Å². The number of carboxylic acid groups (broad SMARTS) is 3. The van der Waals surface area contributed by atoms with Crippen LogP contribution in [0, 0.1) is 0 Å². The van der Waals surface area contributed by atoms with Crippen molar-refractivity contribution in [1.82, 2.24) is 0 Å². The van der Waals surface area contributed by atoms with Crippen LogP contribution in [0.2, 0.25) is 0 Å². The van der Waals surface area contributed by atoms with Gasteiger partial charge in [-0.2, -0.15) is 0 Å². The number of hydrogen-bond donors (Lipinski definition) is 12. The minimum atomic E-state index is -2.74. The van der Waals surface area contributed by atoms with E-state index in [-0.39, 0.29) is 0 Å². The smallest absolute Gasteiger partial charge is 0.336 e. The molecule has 0 rings (SSSR count). The third kappa shape index (κ3) is 14.7. The first-order valence-electron chi connectivity index (χ1n) is 7.77. The van der Waals surface area contributed by atoms with E-state index in [0.717, 1.165) is 0 Å². The molecule has 0 saturated carbocycles. The monoisotopic (exact) mass is 434 g/mol. The Morgan fingerprint density at radius 2 is 0.793 bits per heavy atom. The summed E-state index contributed by atoms with van der Waals surface area (Å²) in [6.07, 6.45) is -2.29. The summed E-state index contributed by atoms with van der Waals surface area (Å²) < 4.78 is 0. The van der Waals surface area contributed by atoms with E-state index in [0.29, 0.717) is 0 Å². The molecule has 0 aromatic rings. The molecule has 29 heavy (non-hydrogen) atoms. The van der Waals surface area contributed by atoms with E-state index in [9.17, 15) is 14.4 Å². The molecule has 0 aliphatic heterocycles. The Kier molecular flexibility index (Phi) is 16.4. The highest BCUT2D eigenvalue weighted by Gasteiger charge is 2.40. The molecule has 0 aliphatic rings. The fraction of sp³-hybridized carbons (Fsp3) is 0.786. The highest BCUT2D eigenvalue weighted by molar-refractivity contribution is 5.88. The van der Waals surface area contributed by atoms with Crippen molar-refractivity contribution in [2.45, 2.75) is 29.5 Å². The number of hydrogen-bond acceptors (Lipinski definition) is 12. The van der Waals surface area contributed by atoms with Gasteiger partial charge in [-0.15, -0.1) is 0 Å². The minimum Gasteiger partial charge on any atom is -0.481 e. The summed E-state index contributed by atoms with van der Waals surface area (Å²) in [6.45, 7) is -2.42. The normalized spacial score (nSPS) is 11.5. The van der Waals surface area contributed by atoms with Crippen molar-refractivity contribution in [1.29, 1.82) is 0 Å². The van der Waals surface area contributed by atoms with Gasteiger partial charge in [-0.3, -0.25) is 9.59 Å². The minimum absolute atomic E-state index is 0.403. The van der Waals surface area contributed by atoms with Crippen LogP contribution in [0.5, 0.6) is 0 Å². The molecule has 14 N–H and O–H groups in total. The van der Waals surface area contributed by atoms with E-state index < -0.39 is 87.1 Å². The van der Waals surface area contributed by atoms with E-state index in [1.807, 2.05) is 0 Å². The Balaban J connectivity index is -0.000000368. The molecule has 0 spiro atoms. The summed E-state index contributed by atoms with van der Waals surface area (Å²) >= 11 is 0. The van der Waals surface area contributed by atoms with Crippen LogP contribution < -0.4 is 11.5 Å². The van der Waals surface area contributed by atoms with Crippen LogP contribution in [0.1, 0.15) is 12.8 Å². The molecule has 0 radical (unpaired) electrons. The maximum absolute atomic E-state index is 10.3. The average molecular weight is 434 g/mol. The van der Waals surface area contributed by atoms with Crippen molar-refractivity contribution >= 4 is 17.9 Å². The number of aliphatic hydroxyl groups is 7. The molecule has 0 aromatic heterocycles. The second kappa shape index (κ2) is 15.0. The fourth-order valence-electron chi connectivity index (χ4n) is 1.01. The molecule has 174 valence electrons. The summed E-state index contributed by atoms with van der Waals surface area (Å²) in [7, 11) is 0. The molecular formula is C14H30N2O13. The number of rotatable bonds is 11. The van der Waals surface area contributed by atoms with Crippen LogP contribution in [0.3, 0.4) is 0 Å². The van der Waals surface area contributed by atoms with E-state index in [2.05, 4.69) is 0 Å². The van der Waals surface area contributed by atoms with E-state index in [4.69, 9.17) is 62.5 Å². The van der Waals surface area contributed by atoms with Gasteiger partial charge in [-0.05, 0) is 0 Å². The molecule has 0 aromatic carbocycles. The zero-order chi connectivity index (χ0) is 23.9. The summed E-state index contributed by atoms with van der Waals surface area (Å²) in [6, 6.07) is 0. The quantitative estimate of drug-likeness (QED) is 0.144. The maximum atomic E-state index is 10.3. The third-order valence-corrected chi connectivity index (χ3v) is 3.17. The maximum Gasteiger partial charge on any atom is 0.336 e. The van der Waals surface area contributed by atoms with Gasteiger partial charge in [-0.1, -0.05) is 0 Å². The Labute approximate surface area is 165 Å². The lowest BCUT2D eigenvalue weighted by Crippen LogP contribution is -2.50. The predicted octanol–water partition coefficient (Wildman–Crippen LogP) is -5.93. The Bertz CT molecular complexity index is 441. The third-order valence-electron chi connectivity index (χ3n) is 3.17. The van der Waals surface area contributed by atoms with Gasteiger partial charge in [0.2, 0.25) is 0 Å². The van der Waals surface area contributed by atoms with Gasteiger partial charge >= 0.3 is 17.9 Å². The van der Waals surface area contributed by atoms with Crippen LogP contribution in [-0.4, -0.2) is 125 Å². The van der Waals surface area contributed by atoms with Crippen molar-refractivity contribution in [2.75, 3.05) is 39.6 Å². The van der Waals surface area contributed by atoms with Crippen LogP contribution in [-0.2, 0) is 14.4 Å². The molecule has 0 fully saturated rings. The Morgan fingerprint density at radius 3 is 0.862 bits per heavy atom. The van der Waals surface area contributed by atoms with Gasteiger partial charge in [0.1, 0.15) is 0 Å². The summed E-state index contributed by atoms with van der Waals surface area (Å²) in [5.74, 6) is -5.02. The highest BCUT2D eigenvalue weighted by atomic mass is 16.4. The first-order valence-corrected chi connectivity index (χ1v) is 7.77. The summed E-state index contributed by atoms with van der Waals surface area (Å²) in [4.78, 5) is 30.5. The topological polar surface area (TPSA) is 306 Å². The summed E-state index contributed by atoms with van der Waals surface area (Å²) in [5, 5.41) is 83.9. The molecule has 0 atom stereocenters. The van der Waals surface area contributed by atoms with Crippen LogP contribution in [0.15, 0.2) is 0 Å². The molecule has 0 bridgehead atoms. The van der Waals surface area contributed by atoms with Crippen molar-refractivity contribution in [2.24, 2.45) is 11.5 Å². The lowest BCUT2D eigenvalue weighted by molar-refractivity contribution is -0.170. The number of aliphatic carboxylic acids is 3. The molecule has 15 nitrogen and oxygen atoms in total. The second-order valence-electron chi connectivity index (χ2n) is 6.15. The van der Waals surface area contributed by atoms with Gasteiger partial charge in [0.05, 0.1) is 63.6 Å². The standard InChI is InChI=1S/C6H8O7.2C4H11NO3/c7-3(8)1-6(13,5(11)12)2-4(9)10;2*5-4(1-6,2-7)3-8/h13H,1-2H2,(H,7,8)(H,9,10)(H,11,12);2*6-8H,1-3,5H2. The molecule has 0 unspecified atom stereocenters.